The molecule has 3 nitrogen and oxygen atoms in total. The van der Waals surface area contributed by atoms with Crippen molar-refractivity contribution in [2.24, 2.45) is 17.4 Å². The Bertz CT molecular complexity index is 237. The summed E-state index contributed by atoms with van der Waals surface area (Å²) in [6.07, 6.45) is 7.92. The van der Waals surface area contributed by atoms with Crippen molar-refractivity contribution in [3.8, 4) is 0 Å². The van der Waals surface area contributed by atoms with E-state index in [4.69, 9.17) is 16.2 Å². The summed E-state index contributed by atoms with van der Waals surface area (Å²) in [6, 6.07) is 1.32. The predicted molar refractivity (Wildman–Crippen MR) is 86.1 cm³/mol. The van der Waals surface area contributed by atoms with Crippen molar-refractivity contribution in [2.45, 2.75) is 76.3 Å². The van der Waals surface area contributed by atoms with Gasteiger partial charge in [0.1, 0.15) is 0 Å². The zero-order valence-corrected chi connectivity index (χ0v) is 14.2. The Hall–Kier alpha value is 0.0969. The highest BCUT2D eigenvalue weighted by Gasteiger charge is 2.21. The van der Waals surface area contributed by atoms with Crippen LogP contribution in [0.15, 0.2) is 0 Å². The fraction of sp³-hybridized carbons (Fsp3) is 1.00. The number of hydrogen-bond acceptors (Lipinski definition) is 3. The van der Waals surface area contributed by atoms with Gasteiger partial charge in [0, 0.05) is 26.8 Å². The van der Waals surface area contributed by atoms with Gasteiger partial charge in [0.2, 0.25) is 0 Å². The Morgan fingerprint density at radius 1 is 1.05 bits per heavy atom. The van der Waals surface area contributed by atoms with Gasteiger partial charge >= 0.3 is 0 Å². The van der Waals surface area contributed by atoms with E-state index >= 15 is 0 Å². The SMILES string of the molecule is C[Si](C)(C)CCOCC(N)C(N)CC1CCCCC1. The molecule has 1 aliphatic rings. The largest absolute Gasteiger partial charge is 0.380 e. The normalized spacial score (nSPS) is 21.3. The van der Waals surface area contributed by atoms with Gasteiger partial charge in [-0.05, 0) is 18.4 Å². The Balaban J connectivity index is 2.12. The molecule has 0 aliphatic heterocycles. The van der Waals surface area contributed by atoms with E-state index < -0.39 is 8.07 Å². The third-order valence-corrected chi connectivity index (χ3v) is 5.89. The summed E-state index contributed by atoms with van der Waals surface area (Å²) in [5.74, 6) is 0.803. The number of ether oxygens (including phenoxy) is 1. The zero-order chi connectivity index (χ0) is 14.3. The molecule has 0 bridgehead atoms. The zero-order valence-electron chi connectivity index (χ0n) is 13.2. The summed E-state index contributed by atoms with van der Waals surface area (Å²) in [5, 5.41) is 0. The smallest absolute Gasteiger partial charge is 0.0632 e. The van der Waals surface area contributed by atoms with Crippen molar-refractivity contribution in [3.05, 3.63) is 0 Å². The summed E-state index contributed by atoms with van der Waals surface area (Å²) in [4.78, 5) is 0. The summed E-state index contributed by atoms with van der Waals surface area (Å²) in [5.41, 5.74) is 12.4. The lowest BCUT2D eigenvalue weighted by molar-refractivity contribution is 0.121. The highest BCUT2D eigenvalue weighted by Crippen LogP contribution is 2.27. The van der Waals surface area contributed by atoms with Gasteiger partial charge in [-0.2, -0.15) is 0 Å². The van der Waals surface area contributed by atoms with Crippen molar-refractivity contribution < 1.29 is 4.74 Å². The molecule has 0 radical (unpaired) electrons. The summed E-state index contributed by atoms with van der Waals surface area (Å²) < 4.78 is 5.71. The summed E-state index contributed by atoms with van der Waals surface area (Å²) in [6.45, 7) is 8.57. The van der Waals surface area contributed by atoms with E-state index in [0.717, 1.165) is 18.9 Å². The van der Waals surface area contributed by atoms with Crippen LogP contribution in [-0.4, -0.2) is 33.4 Å². The van der Waals surface area contributed by atoms with Crippen molar-refractivity contribution in [1.29, 1.82) is 0 Å². The van der Waals surface area contributed by atoms with Crippen LogP contribution in [0.2, 0.25) is 25.7 Å². The molecule has 1 saturated carbocycles. The fourth-order valence-electron chi connectivity index (χ4n) is 2.70. The monoisotopic (exact) mass is 286 g/mol. The van der Waals surface area contributed by atoms with Gasteiger partial charge in [-0.3, -0.25) is 0 Å². The Kier molecular flexibility index (Phi) is 7.58. The third-order valence-electron chi connectivity index (χ3n) is 4.19. The Morgan fingerprint density at radius 3 is 2.26 bits per heavy atom. The molecule has 2 unspecified atom stereocenters. The summed E-state index contributed by atoms with van der Waals surface area (Å²) >= 11 is 0. The van der Waals surface area contributed by atoms with E-state index in [1.807, 2.05) is 0 Å². The molecule has 4 N–H and O–H groups in total. The lowest BCUT2D eigenvalue weighted by atomic mass is 9.84. The number of hydrogen-bond donors (Lipinski definition) is 2. The second kappa shape index (κ2) is 8.40. The van der Waals surface area contributed by atoms with Crippen LogP contribution in [0.4, 0.5) is 0 Å². The molecule has 1 fully saturated rings. The van der Waals surface area contributed by atoms with Crippen LogP contribution in [0.5, 0.6) is 0 Å². The van der Waals surface area contributed by atoms with E-state index in [1.54, 1.807) is 0 Å². The van der Waals surface area contributed by atoms with Crippen LogP contribution in [0.1, 0.15) is 38.5 Å². The summed E-state index contributed by atoms with van der Waals surface area (Å²) in [7, 11) is -0.989. The topological polar surface area (TPSA) is 61.3 Å². The van der Waals surface area contributed by atoms with Crippen LogP contribution in [0, 0.1) is 5.92 Å². The van der Waals surface area contributed by atoms with Crippen LogP contribution in [-0.2, 0) is 4.74 Å². The van der Waals surface area contributed by atoms with E-state index in [9.17, 15) is 0 Å². The van der Waals surface area contributed by atoms with Gasteiger partial charge in [-0.25, -0.2) is 0 Å². The molecule has 1 aliphatic carbocycles. The van der Waals surface area contributed by atoms with Crippen LogP contribution in [0.25, 0.3) is 0 Å². The minimum absolute atomic E-state index is 0.00330. The molecule has 0 saturated heterocycles. The second-order valence-electron chi connectivity index (χ2n) is 7.45. The van der Waals surface area contributed by atoms with Crippen LogP contribution < -0.4 is 11.5 Å². The lowest BCUT2D eigenvalue weighted by Crippen LogP contribution is -2.46. The first kappa shape index (κ1) is 17.1. The van der Waals surface area contributed by atoms with Gasteiger partial charge in [0.15, 0.2) is 0 Å². The highest BCUT2D eigenvalue weighted by molar-refractivity contribution is 6.76. The van der Waals surface area contributed by atoms with Crippen molar-refractivity contribution in [3.63, 3.8) is 0 Å². The molecule has 4 heteroatoms. The molecule has 0 amide bonds. The van der Waals surface area contributed by atoms with Crippen LogP contribution >= 0.6 is 0 Å². The molecule has 0 aromatic carbocycles. The highest BCUT2D eigenvalue weighted by atomic mass is 28.3. The maximum atomic E-state index is 6.22. The maximum Gasteiger partial charge on any atom is 0.0632 e. The Labute approximate surface area is 120 Å². The molecule has 114 valence electrons. The maximum absolute atomic E-state index is 6.22. The molecule has 2 atom stereocenters. The van der Waals surface area contributed by atoms with Gasteiger partial charge in [0.05, 0.1) is 6.61 Å². The van der Waals surface area contributed by atoms with E-state index in [1.165, 1.54) is 38.1 Å². The molecule has 0 aromatic rings. The van der Waals surface area contributed by atoms with Gasteiger partial charge in [-0.1, -0.05) is 51.7 Å². The molecular weight excluding hydrogens is 252 g/mol. The lowest BCUT2D eigenvalue weighted by Gasteiger charge is -2.27. The standard InChI is InChI=1S/C15H34N2OSi/c1-19(2,3)10-9-18-12-15(17)14(16)11-13-7-5-4-6-8-13/h13-15H,4-12,16-17H2,1-3H3. The van der Waals surface area contributed by atoms with E-state index in [-0.39, 0.29) is 12.1 Å². The Morgan fingerprint density at radius 2 is 1.68 bits per heavy atom. The van der Waals surface area contributed by atoms with Gasteiger partial charge in [-0.15, -0.1) is 0 Å². The average Bonchev–Trinajstić information content (AvgIpc) is 2.34. The average molecular weight is 287 g/mol. The molecular formula is C15H34N2OSi. The number of rotatable bonds is 8. The number of nitrogens with two attached hydrogens (primary N) is 2. The third kappa shape index (κ3) is 8.08. The van der Waals surface area contributed by atoms with Crippen molar-refractivity contribution >= 4 is 8.07 Å². The van der Waals surface area contributed by atoms with Gasteiger partial charge in [0.25, 0.3) is 0 Å². The van der Waals surface area contributed by atoms with E-state index in [2.05, 4.69) is 19.6 Å². The molecule has 0 heterocycles. The van der Waals surface area contributed by atoms with Crippen molar-refractivity contribution in [1.82, 2.24) is 0 Å². The van der Waals surface area contributed by atoms with E-state index in [0.29, 0.717) is 6.61 Å². The molecule has 1 rings (SSSR count). The molecule has 0 aromatic heterocycles. The predicted octanol–water partition coefficient (Wildman–Crippen LogP) is 2.97. The van der Waals surface area contributed by atoms with Crippen LogP contribution in [0.3, 0.4) is 0 Å². The first-order valence-electron chi connectivity index (χ1n) is 7.97. The second-order valence-corrected chi connectivity index (χ2v) is 13.1. The minimum Gasteiger partial charge on any atom is -0.380 e. The van der Waals surface area contributed by atoms with Crippen molar-refractivity contribution in [2.75, 3.05) is 13.2 Å². The fourth-order valence-corrected chi connectivity index (χ4v) is 3.46. The minimum atomic E-state index is -0.989. The molecule has 0 spiro atoms. The first-order valence-corrected chi connectivity index (χ1v) is 11.7. The molecule has 19 heavy (non-hydrogen) atoms. The first-order chi connectivity index (χ1) is 8.88. The quantitative estimate of drug-likeness (QED) is 0.533. The van der Waals surface area contributed by atoms with Gasteiger partial charge < -0.3 is 16.2 Å².